The van der Waals surface area contributed by atoms with Crippen molar-refractivity contribution in [3.63, 3.8) is 0 Å². The zero-order chi connectivity index (χ0) is 15.0. The number of nitrogen functional groups attached to an aromatic ring is 1. The van der Waals surface area contributed by atoms with Crippen molar-refractivity contribution in [3.05, 3.63) is 56.7 Å². The molecule has 0 radical (unpaired) electrons. The Morgan fingerprint density at radius 3 is 2.71 bits per heavy atom. The number of nitrogens with one attached hydrogen (secondary N) is 2. The average molecular weight is 286 g/mol. The van der Waals surface area contributed by atoms with Gasteiger partial charge in [0.05, 0.1) is 0 Å². The van der Waals surface area contributed by atoms with Crippen molar-refractivity contribution >= 4 is 11.5 Å². The second-order valence-electron chi connectivity index (χ2n) is 5.27. The van der Waals surface area contributed by atoms with Gasteiger partial charge in [-0.15, -0.1) is 0 Å². The van der Waals surface area contributed by atoms with Gasteiger partial charge in [0.2, 0.25) is 0 Å². The fourth-order valence-electron chi connectivity index (χ4n) is 2.65. The summed E-state index contributed by atoms with van der Waals surface area (Å²) >= 11 is 0. The summed E-state index contributed by atoms with van der Waals surface area (Å²) in [6.07, 6.45) is 0.953. The molecule has 21 heavy (non-hydrogen) atoms. The summed E-state index contributed by atoms with van der Waals surface area (Å²) in [6, 6.07) is 10.3. The summed E-state index contributed by atoms with van der Waals surface area (Å²) in [5.41, 5.74) is 6.54. The molecule has 6 nitrogen and oxygen atoms in total. The molecule has 6 heteroatoms. The van der Waals surface area contributed by atoms with Crippen LogP contribution in [0.1, 0.15) is 24.8 Å². The van der Waals surface area contributed by atoms with E-state index < -0.39 is 11.2 Å². The van der Waals surface area contributed by atoms with Gasteiger partial charge in [-0.2, -0.15) is 0 Å². The van der Waals surface area contributed by atoms with Gasteiger partial charge >= 0.3 is 5.69 Å². The van der Waals surface area contributed by atoms with Gasteiger partial charge in [-0.1, -0.05) is 30.3 Å². The minimum atomic E-state index is -0.471. The number of aromatic nitrogens is 2. The van der Waals surface area contributed by atoms with Crippen LogP contribution in [0, 0.1) is 0 Å². The molecule has 1 aliphatic carbocycles. The monoisotopic (exact) mass is 286 g/mol. The largest absolute Gasteiger partial charge is 0.383 e. The van der Waals surface area contributed by atoms with Gasteiger partial charge in [-0.25, -0.2) is 4.79 Å². The second-order valence-corrected chi connectivity index (χ2v) is 5.27. The lowest BCUT2D eigenvalue weighted by Crippen LogP contribution is -2.34. The number of rotatable bonds is 4. The number of aromatic amines is 1. The van der Waals surface area contributed by atoms with E-state index in [-0.39, 0.29) is 11.9 Å². The fraction of sp³-hybridized carbons (Fsp3) is 0.333. The molecule has 1 heterocycles. The maximum atomic E-state index is 11.9. The van der Waals surface area contributed by atoms with E-state index >= 15 is 0 Å². The Hall–Kier alpha value is -2.50. The molecule has 4 N–H and O–H groups in total. The number of hydrogen-bond acceptors (Lipinski definition) is 4. The van der Waals surface area contributed by atoms with Crippen molar-refractivity contribution in [2.24, 2.45) is 0 Å². The molecule has 0 bridgehead atoms. The zero-order valence-electron chi connectivity index (χ0n) is 11.8. The van der Waals surface area contributed by atoms with E-state index in [1.165, 1.54) is 10.1 Å². The molecule has 0 amide bonds. The van der Waals surface area contributed by atoms with Crippen LogP contribution in [0.3, 0.4) is 0 Å². The molecule has 1 saturated carbocycles. The van der Waals surface area contributed by atoms with Gasteiger partial charge < -0.3 is 11.1 Å². The van der Waals surface area contributed by atoms with E-state index in [0.717, 1.165) is 6.42 Å². The zero-order valence-corrected chi connectivity index (χ0v) is 11.8. The molecule has 0 aliphatic heterocycles. The quantitative estimate of drug-likeness (QED) is 0.785. The van der Waals surface area contributed by atoms with Crippen molar-refractivity contribution in [2.45, 2.75) is 31.8 Å². The van der Waals surface area contributed by atoms with E-state index in [4.69, 9.17) is 5.73 Å². The normalized spacial score (nSPS) is 20.2. The Balaban J connectivity index is 1.85. The van der Waals surface area contributed by atoms with E-state index in [1.54, 1.807) is 0 Å². The first-order valence-electron chi connectivity index (χ1n) is 7.06. The minimum Gasteiger partial charge on any atom is -0.383 e. The lowest BCUT2D eigenvalue weighted by Gasteiger charge is -2.12. The SMILES string of the molecule is CCn1c(N)c(NC2CC2c2ccccc2)c(=O)[nH]c1=O. The maximum absolute atomic E-state index is 11.9. The first-order chi connectivity index (χ1) is 10.1. The molecule has 2 atom stereocenters. The summed E-state index contributed by atoms with van der Waals surface area (Å²) in [5.74, 6) is 0.581. The van der Waals surface area contributed by atoms with Gasteiger partial charge in [0.1, 0.15) is 11.5 Å². The molecule has 1 fully saturated rings. The summed E-state index contributed by atoms with van der Waals surface area (Å²) in [4.78, 5) is 25.9. The summed E-state index contributed by atoms with van der Waals surface area (Å²) in [5, 5.41) is 3.17. The van der Waals surface area contributed by atoms with Crippen molar-refractivity contribution < 1.29 is 0 Å². The molecule has 0 spiro atoms. The Kier molecular flexibility index (Phi) is 3.29. The summed E-state index contributed by atoms with van der Waals surface area (Å²) in [6.45, 7) is 2.23. The Labute approximate surface area is 121 Å². The number of hydrogen-bond donors (Lipinski definition) is 3. The third-order valence-corrected chi connectivity index (χ3v) is 3.90. The minimum absolute atomic E-state index is 0.179. The molecule has 3 rings (SSSR count). The number of nitrogens with zero attached hydrogens (tertiary/aromatic N) is 1. The average Bonchev–Trinajstić information content (AvgIpc) is 3.24. The van der Waals surface area contributed by atoms with Crippen LogP contribution in [0.5, 0.6) is 0 Å². The number of anilines is 2. The predicted molar refractivity (Wildman–Crippen MR) is 82.6 cm³/mol. The summed E-state index contributed by atoms with van der Waals surface area (Å²) in [7, 11) is 0. The van der Waals surface area contributed by atoms with Crippen LogP contribution >= 0.6 is 0 Å². The van der Waals surface area contributed by atoms with Crippen LogP contribution in [0.15, 0.2) is 39.9 Å². The molecule has 2 aromatic rings. The molecule has 1 aliphatic rings. The second kappa shape index (κ2) is 5.12. The lowest BCUT2D eigenvalue weighted by molar-refractivity contribution is 0.705. The lowest BCUT2D eigenvalue weighted by atomic mass is 10.1. The Morgan fingerprint density at radius 2 is 2.05 bits per heavy atom. The van der Waals surface area contributed by atoms with Crippen LogP contribution < -0.4 is 22.3 Å². The molecular formula is C15H18N4O2. The molecule has 2 unspecified atom stereocenters. The Morgan fingerprint density at radius 1 is 1.33 bits per heavy atom. The predicted octanol–water partition coefficient (Wildman–Crippen LogP) is 1.11. The molecular weight excluding hydrogens is 268 g/mol. The van der Waals surface area contributed by atoms with Gasteiger partial charge in [-0.05, 0) is 18.9 Å². The number of H-pyrrole nitrogens is 1. The summed E-state index contributed by atoms with van der Waals surface area (Å²) < 4.78 is 1.35. The fourth-order valence-corrected chi connectivity index (χ4v) is 2.65. The standard InChI is InChI=1S/C15H18N4O2/c1-2-19-13(16)12(14(20)18-15(19)21)17-11-8-10(11)9-6-4-3-5-7-9/h3-7,10-11,17H,2,8,16H2,1H3,(H,18,20,21). The van der Waals surface area contributed by atoms with Gasteiger partial charge in [-0.3, -0.25) is 14.3 Å². The smallest absolute Gasteiger partial charge is 0.330 e. The maximum Gasteiger partial charge on any atom is 0.330 e. The van der Waals surface area contributed by atoms with Crippen molar-refractivity contribution in [2.75, 3.05) is 11.1 Å². The highest BCUT2D eigenvalue weighted by molar-refractivity contribution is 5.62. The highest BCUT2D eigenvalue weighted by atomic mass is 16.2. The van der Waals surface area contributed by atoms with Crippen LogP contribution in [0.25, 0.3) is 0 Å². The molecule has 0 saturated heterocycles. The van der Waals surface area contributed by atoms with E-state index in [2.05, 4.69) is 22.4 Å². The Bertz CT molecular complexity index is 763. The van der Waals surface area contributed by atoms with E-state index in [9.17, 15) is 9.59 Å². The highest BCUT2D eigenvalue weighted by Gasteiger charge is 2.39. The van der Waals surface area contributed by atoms with Crippen molar-refractivity contribution in [1.82, 2.24) is 9.55 Å². The van der Waals surface area contributed by atoms with E-state index in [1.807, 2.05) is 25.1 Å². The number of benzene rings is 1. The van der Waals surface area contributed by atoms with Crippen molar-refractivity contribution in [3.8, 4) is 0 Å². The highest BCUT2D eigenvalue weighted by Crippen LogP contribution is 2.42. The van der Waals surface area contributed by atoms with Crippen molar-refractivity contribution in [1.29, 1.82) is 0 Å². The first-order valence-corrected chi connectivity index (χ1v) is 7.06. The third kappa shape index (κ3) is 2.44. The number of nitrogens with two attached hydrogens (primary N) is 1. The molecule has 1 aromatic carbocycles. The van der Waals surface area contributed by atoms with Gasteiger partial charge in [0.15, 0.2) is 0 Å². The molecule has 110 valence electrons. The van der Waals surface area contributed by atoms with E-state index in [0.29, 0.717) is 18.2 Å². The van der Waals surface area contributed by atoms with Crippen LogP contribution in [-0.2, 0) is 6.54 Å². The van der Waals surface area contributed by atoms with Gasteiger partial charge in [0, 0.05) is 18.5 Å². The van der Waals surface area contributed by atoms with Gasteiger partial charge in [0.25, 0.3) is 5.56 Å². The van der Waals surface area contributed by atoms with Crippen LogP contribution in [0.2, 0.25) is 0 Å². The molecule has 1 aromatic heterocycles. The van der Waals surface area contributed by atoms with Crippen LogP contribution in [-0.4, -0.2) is 15.6 Å². The first kappa shape index (κ1) is 13.5. The van der Waals surface area contributed by atoms with Crippen LogP contribution in [0.4, 0.5) is 11.5 Å². The third-order valence-electron chi connectivity index (χ3n) is 3.90. The topological polar surface area (TPSA) is 92.9 Å².